The summed E-state index contributed by atoms with van der Waals surface area (Å²) in [5.41, 5.74) is -1.77. The van der Waals surface area contributed by atoms with Gasteiger partial charge in [0.1, 0.15) is 5.60 Å². The second-order valence-electron chi connectivity index (χ2n) is 6.59. The van der Waals surface area contributed by atoms with Crippen LogP contribution in [0.4, 0.5) is 0 Å². The highest BCUT2D eigenvalue weighted by atomic mass is 16.6. The van der Waals surface area contributed by atoms with Gasteiger partial charge in [-0.3, -0.25) is 9.59 Å². The molecule has 0 saturated heterocycles. The Hall–Kier alpha value is -1.65. The van der Waals surface area contributed by atoms with Crippen LogP contribution in [0.3, 0.4) is 0 Å². The van der Waals surface area contributed by atoms with Crippen molar-refractivity contribution in [2.24, 2.45) is 0 Å². The van der Waals surface area contributed by atoms with E-state index < -0.39 is 28.9 Å². The van der Waals surface area contributed by atoms with E-state index in [0.717, 1.165) is 5.57 Å². The predicted octanol–water partition coefficient (Wildman–Crippen LogP) is 3.36. The Labute approximate surface area is 133 Å². The highest BCUT2D eigenvalue weighted by Gasteiger charge is 2.49. The maximum Gasteiger partial charge on any atom is 0.359 e. The number of allylic oxidation sites excluding steroid dienone is 1. The third-order valence-corrected chi connectivity index (χ3v) is 2.84. The van der Waals surface area contributed by atoms with Crippen molar-refractivity contribution < 1.29 is 23.9 Å². The lowest BCUT2D eigenvalue weighted by molar-refractivity contribution is -0.192. The minimum atomic E-state index is -1.91. The first-order chi connectivity index (χ1) is 9.94. The standard InChI is InChI=1S/C17H28O5/c1-8-9-14(19)21-17(13(4)18,11-10-12(2)3)15(20)22-16(5,6)7/h10H,8-9,11H2,1-7H3. The molecule has 126 valence electrons. The Balaban J connectivity index is 5.66. The normalized spacial score (nSPS) is 13.8. The van der Waals surface area contributed by atoms with E-state index in [0.29, 0.717) is 6.42 Å². The fourth-order valence-electron chi connectivity index (χ4n) is 1.68. The van der Waals surface area contributed by atoms with Crippen molar-refractivity contribution >= 4 is 17.7 Å². The van der Waals surface area contributed by atoms with Gasteiger partial charge in [0.15, 0.2) is 5.78 Å². The molecule has 5 heteroatoms. The molecule has 0 bridgehead atoms. The molecular formula is C17H28O5. The summed E-state index contributed by atoms with van der Waals surface area (Å²) in [6.45, 7) is 11.8. The lowest BCUT2D eigenvalue weighted by Crippen LogP contribution is -2.52. The summed E-state index contributed by atoms with van der Waals surface area (Å²) in [4.78, 5) is 36.5. The molecular weight excluding hydrogens is 284 g/mol. The van der Waals surface area contributed by atoms with Gasteiger partial charge in [-0.25, -0.2) is 4.79 Å². The molecule has 0 heterocycles. The van der Waals surface area contributed by atoms with E-state index in [1.807, 2.05) is 20.8 Å². The van der Waals surface area contributed by atoms with Gasteiger partial charge in [-0.15, -0.1) is 0 Å². The van der Waals surface area contributed by atoms with Crippen molar-refractivity contribution in [2.75, 3.05) is 0 Å². The highest BCUT2D eigenvalue weighted by molar-refractivity contribution is 6.08. The first-order valence-electron chi connectivity index (χ1n) is 7.54. The van der Waals surface area contributed by atoms with Gasteiger partial charge in [-0.05, 0) is 48.0 Å². The zero-order chi connectivity index (χ0) is 17.6. The summed E-state index contributed by atoms with van der Waals surface area (Å²) in [6, 6.07) is 0. The maximum atomic E-state index is 12.5. The third-order valence-electron chi connectivity index (χ3n) is 2.84. The molecule has 1 unspecified atom stereocenters. The molecule has 0 N–H and O–H groups in total. The van der Waals surface area contributed by atoms with Crippen LogP contribution in [0, 0.1) is 0 Å². The lowest BCUT2D eigenvalue weighted by atomic mass is 9.93. The van der Waals surface area contributed by atoms with Crippen LogP contribution in [0.1, 0.15) is 67.7 Å². The number of carbonyl (C=O) groups excluding carboxylic acids is 3. The topological polar surface area (TPSA) is 69.7 Å². The number of esters is 2. The van der Waals surface area contributed by atoms with Crippen molar-refractivity contribution in [2.45, 2.75) is 78.9 Å². The molecule has 0 radical (unpaired) electrons. The summed E-state index contributed by atoms with van der Waals surface area (Å²) in [5, 5.41) is 0. The van der Waals surface area contributed by atoms with Gasteiger partial charge in [-0.1, -0.05) is 18.6 Å². The van der Waals surface area contributed by atoms with E-state index in [-0.39, 0.29) is 12.8 Å². The molecule has 0 aliphatic heterocycles. The first kappa shape index (κ1) is 20.3. The van der Waals surface area contributed by atoms with Crippen LogP contribution in [-0.4, -0.2) is 28.9 Å². The van der Waals surface area contributed by atoms with Crippen molar-refractivity contribution in [3.05, 3.63) is 11.6 Å². The molecule has 1 atom stereocenters. The van der Waals surface area contributed by atoms with Crippen LogP contribution >= 0.6 is 0 Å². The molecule has 0 aromatic heterocycles. The zero-order valence-corrected chi connectivity index (χ0v) is 14.7. The molecule has 0 aromatic rings. The van der Waals surface area contributed by atoms with E-state index in [1.165, 1.54) is 6.92 Å². The molecule has 0 saturated carbocycles. The van der Waals surface area contributed by atoms with Crippen LogP contribution < -0.4 is 0 Å². The predicted molar refractivity (Wildman–Crippen MR) is 84.3 cm³/mol. The van der Waals surface area contributed by atoms with Gasteiger partial charge in [-0.2, -0.15) is 0 Å². The van der Waals surface area contributed by atoms with Gasteiger partial charge in [0.25, 0.3) is 5.60 Å². The molecule has 0 amide bonds. The zero-order valence-electron chi connectivity index (χ0n) is 14.7. The summed E-state index contributed by atoms with van der Waals surface area (Å²) in [7, 11) is 0. The van der Waals surface area contributed by atoms with Crippen LogP contribution in [0.15, 0.2) is 11.6 Å². The minimum absolute atomic E-state index is 0.0188. The molecule has 0 rings (SSSR count). The average Bonchev–Trinajstić information content (AvgIpc) is 2.31. The van der Waals surface area contributed by atoms with Crippen molar-refractivity contribution in [1.29, 1.82) is 0 Å². The highest BCUT2D eigenvalue weighted by Crippen LogP contribution is 2.25. The second-order valence-corrected chi connectivity index (χ2v) is 6.59. The Kier molecular flexibility index (Phi) is 7.50. The SMILES string of the molecule is CCCC(=O)OC(CC=C(C)C)(C(C)=O)C(=O)OC(C)(C)C. The fourth-order valence-corrected chi connectivity index (χ4v) is 1.68. The molecule has 0 fully saturated rings. The Morgan fingerprint density at radius 2 is 1.55 bits per heavy atom. The number of rotatable bonds is 7. The summed E-state index contributed by atoms with van der Waals surface area (Å²) in [6.07, 6.45) is 2.40. The number of carbonyl (C=O) groups is 3. The van der Waals surface area contributed by atoms with Gasteiger partial charge in [0, 0.05) is 12.8 Å². The van der Waals surface area contributed by atoms with E-state index >= 15 is 0 Å². The average molecular weight is 312 g/mol. The van der Waals surface area contributed by atoms with Crippen LogP contribution in [0.2, 0.25) is 0 Å². The van der Waals surface area contributed by atoms with Crippen molar-refractivity contribution in [1.82, 2.24) is 0 Å². The number of hydrogen-bond donors (Lipinski definition) is 0. The van der Waals surface area contributed by atoms with E-state index in [2.05, 4.69) is 0 Å². The van der Waals surface area contributed by atoms with Gasteiger partial charge < -0.3 is 9.47 Å². The maximum absolute atomic E-state index is 12.5. The number of hydrogen-bond acceptors (Lipinski definition) is 5. The third kappa shape index (κ3) is 6.41. The lowest BCUT2D eigenvalue weighted by Gasteiger charge is -2.31. The number of ether oxygens (including phenoxy) is 2. The minimum Gasteiger partial charge on any atom is -0.457 e. The number of ketones is 1. The molecule has 22 heavy (non-hydrogen) atoms. The van der Waals surface area contributed by atoms with Gasteiger partial charge in [0.2, 0.25) is 0 Å². The molecule has 0 aliphatic carbocycles. The Morgan fingerprint density at radius 1 is 1.00 bits per heavy atom. The van der Waals surface area contributed by atoms with E-state index in [1.54, 1.807) is 26.8 Å². The summed E-state index contributed by atoms with van der Waals surface area (Å²) < 4.78 is 10.6. The summed E-state index contributed by atoms with van der Waals surface area (Å²) in [5.74, 6) is -1.94. The fraction of sp³-hybridized carbons (Fsp3) is 0.706. The molecule has 0 spiro atoms. The monoisotopic (exact) mass is 312 g/mol. The summed E-state index contributed by atoms with van der Waals surface area (Å²) >= 11 is 0. The van der Waals surface area contributed by atoms with Crippen molar-refractivity contribution in [3.63, 3.8) is 0 Å². The Morgan fingerprint density at radius 3 is 1.91 bits per heavy atom. The van der Waals surface area contributed by atoms with Crippen LogP contribution in [0.5, 0.6) is 0 Å². The van der Waals surface area contributed by atoms with E-state index in [4.69, 9.17) is 9.47 Å². The Bertz CT molecular complexity index is 452. The van der Waals surface area contributed by atoms with Gasteiger partial charge >= 0.3 is 11.9 Å². The second kappa shape index (κ2) is 8.11. The van der Waals surface area contributed by atoms with Crippen molar-refractivity contribution in [3.8, 4) is 0 Å². The van der Waals surface area contributed by atoms with E-state index in [9.17, 15) is 14.4 Å². The van der Waals surface area contributed by atoms with Crippen LogP contribution in [0.25, 0.3) is 0 Å². The first-order valence-corrected chi connectivity index (χ1v) is 7.54. The van der Waals surface area contributed by atoms with Gasteiger partial charge in [0.05, 0.1) is 0 Å². The molecule has 0 aliphatic rings. The largest absolute Gasteiger partial charge is 0.457 e. The molecule has 5 nitrogen and oxygen atoms in total. The quantitative estimate of drug-likeness (QED) is 0.409. The molecule has 0 aromatic carbocycles. The smallest absolute Gasteiger partial charge is 0.359 e. The number of Topliss-reactive ketones (excluding diaryl/α,β-unsaturated/α-hetero) is 1. The van der Waals surface area contributed by atoms with Crippen LogP contribution in [-0.2, 0) is 23.9 Å².